The van der Waals surface area contributed by atoms with E-state index in [1.54, 1.807) is 0 Å². The van der Waals surface area contributed by atoms with Crippen molar-refractivity contribution in [2.24, 2.45) is 0 Å². The molecule has 6 aromatic carbocycles. The van der Waals surface area contributed by atoms with E-state index in [9.17, 15) is 0 Å². The van der Waals surface area contributed by atoms with Gasteiger partial charge in [-0.25, -0.2) is 0 Å². The molecule has 6 aromatic rings. The summed E-state index contributed by atoms with van der Waals surface area (Å²) in [5, 5.41) is 0. The van der Waals surface area contributed by atoms with Crippen LogP contribution in [0.1, 0.15) is 59.1 Å². The Labute approximate surface area is 286 Å². The average Bonchev–Trinajstić information content (AvgIpc) is 3.14. The normalized spacial score (nSPS) is 13.8. The molecule has 8 rings (SSSR count). The minimum absolute atomic E-state index is 1.17. The van der Waals surface area contributed by atoms with Gasteiger partial charge >= 0.3 is 0 Å². The average molecular weight is 625 g/mol. The topological polar surface area (TPSA) is 6.48 Å². The number of nitrogens with zero attached hydrogens (tertiary/aromatic N) is 2. The van der Waals surface area contributed by atoms with Gasteiger partial charge in [-0.1, -0.05) is 71.8 Å². The summed E-state index contributed by atoms with van der Waals surface area (Å²) in [5.41, 5.74) is 18.2. The third-order valence-electron chi connectivity index (χ3n) is 10.3. The summed E-state index contributed by atoms with van der Waals surface area (Å²) >= 11 is 0. The summed E-state index contributed by atoms with van der Waals surface area (Å²) in [6.45, 7) is 4.31. The highest BCUT2D eigenvalue weighted by atomic mass is 15.1. The molecule has 2 aliphatic carbocycles. The molecular weight excluding hydrogens is 581 g/mol. The second kappa shape index (κ2) is 13.2. The lowest BCUT2D eigenvalue weighted by molar-refractivity contribution is 0.685. The quantitative estimate of drug-likeness (QED) is 0.174. The standard InChI is InChI=1S/C46H44N2/c1-33-11-21-41(22-12-33)47(45-29-19-35-7-3-5-9-39(35)31-45)43-25-15-37(16-26-43)38-17-27-44(28-18-38)48(42-23-13-34(2)14-24-42)46-30-20-36-8-4-6-10-40(36)32-46/h11-32H,3-10H2,1-2H3. The molecule has 2 aliphatic rings. The number of rotatable bonds is 7. The number of benzene rings is 6. The van der Waals surface area contributed by atoms with E-state index in [-0.39, 0.29) is 0 Å². The van der Waals surface area contributed by atoms with Crippen LogP contribution in [0.4, 0.5) is 34.1 Å². The zero-order valence-corrected chi connectivity index (χ0v) is 28.3. The fourth-order valence-electron chi connectivity index (χ4n) is 7.61. The Morgan fingerprint density at radius 2 is 0.604 bits per heavy atom. The molecule has 2 heteroatoms. The van der Waals surface area contributed by atoms with Crippen molar-refractivity contribution in [1.82, 2.24) is 0 Å². The van der Waals surface area contributed by atoms with Crippen molar-refractivity contribution in [2.75, 3.05) is 9.80 Å². The number of anilines is 6. The molecule has 0 radical (unpaired) electrons. The molecule has 0 unspecified atom stereocenters. The molecular formula is C46H44N2. The summed E-state index contributed by atoms with van der Waals surface area (Å²) in [6, 6.07) is 50.1. The molecule has 0 bridgehead atoms. The van der Waals surface area contributed by atoms with Crippen LogP contribution in [0.3, 0.4) is 0 Å². The summed E-state index contributed by atoms with van der Waals surface area (Å²) in [4.78, 5) is 4.80. The summed E-state index contributed by atoms with van der Waals surface area (Å²) < 4.78 is 0. The molecule has 0 N–H and O–H groups in total. The fourth-order valence-corrected chi connectivity index (χ4v) is 7.61. The molecule has 0 heterocycles. The molecule has 0 amide bonds. The Morgan fingerprint density at radius 1 is 0.312 bits per heavy atom. The molecule has 0 aromatic heterocycles. The molecule has 238 valence electrons. The highest BCUT2D eigenvalue weighted by Crippen LogP contribution is 2.40. The van der Waals surface area contributed by atoms with E-state index < -0.39 is 0 Å². The van der Waals surface area contributed by atoms with E-state index in [1.165, 1.54) is 130 Å². The van der Waals surface area contributed by atoms with Gasteiger partial charge in [0.25, 0.3) is 0 Å². The molecule has 2 nitrogen and oxygen atoms in total. The molecule has 0 fully saturated rings. The van der Waals surface area contributed by atoms with E-state index in [2.05, 4.69) is 157 Å². The predicted octanol–water partition coefficient (Wildman–Crippen LogP) is 12.7. The van der Waals surface area contributed by atoms with Crippen LogP contribution >= 0.6 is 0 Å². The van der Waals surface area contributed by atoms with Crippen molar-refractivity contribution in [3.8, 4) is 11.1 Å². The van der Waals surface area contributed by atoms with Gasteiger partial charge in [0, 0.05) is 34.1 Å². The van der Waals surface area contributed by atoms with E-state index in [0.717, 1.165) is 0 Å². The molecule has 0 spiro atoms. The SMILES string of the molecule is Cc1ccc(N(c2ccc(-c3ccc(N(c4ccc(C)cc4)c4ccc5c(c4)CCCC5)cc3)cc2)c2ccc3c(c2)CCCC3)cc1. The van der Waals surface area contributed by atoms with Crippen LogP contribution in [0.2, 0.25) is 0 Å². The number of aryl methyl sites for hydroxylation is 6. The lowest BCUT2D eigenvalue weighted by atomic mass is 9.91. The Hall–Kier alpha value is -5.08. The van der Waals surface area contributed by atoms with E-state index in [1.807, 2.05) is 0 Å². The largest absolute Gasteiger partial charge is 0.310 e. The third kappa shape index (κ3) is 6.16. The number of fused-ring (bicyclic) bond motifs is 2. The van der Waals surface area contributed by atoms with Crippen LogP contribution in [-0.2, 0) is 25.7 Å². The van der Waals surface area contributed by atoms with Gasteiger partial charge in [-0.3, -0.25) is 0 Å². The minimum Gasteiger partial charge on any atom is -0.310 e. The maximum atomic E-state index is 2.42. The van der Waals surface area contributed by atoms with Crippen molar-refractivity contribution in [3.63, 3.8) is 0 Å². The van der Waals surface area contributed by atoms with Crippen LogP contribution in [0, 0.1) is 13.8 Å². The van der Waals surface area contributed by atoms with Crippen LogP contribution < -0.4 is 9.80 Å². The first-order valence-corrected chi connectivity index (χ1v) is 17.8. The van der Waals surface area contributed by atoms with Crippen LogP contribution in [0.5, 0.6) is 0 Å². The summed E-state index contributed by atoms with van der Waals surface area (Å²) in [5.74, 6) is 0. The Kier molecular flexibility index (Phi) is 8.32. The Morgan fingerprint density at radius 3 is 0.958 bits per heavy atom. The fraction of sp³-hybridized carbons (Fsp3) is 0.217. The summed E-state index contributed by atoms with van der Waals surface area (Å²) in [6.07, 6.45) is 9.91. The van der Waals surface area contributed by atoms with Crippen molar-refractivity contribution >= 4 is 34.1 Å². The first-order chi connectivity index (χ1) is 23.6. The second-order valence-corrected chi connectivity index (χ2v) is 13.8. The van der Waals surface area contributed by atoms with Gasteiger partial charge in [0.2, 0.25) is 0 Å². The first-order valence-electron chi connectivity index (χ1n) is 17.8. The highest BCUT2D eigenvalue weighted by Gasteiger charge is 2.18. The maximum absolute atomic E-state index is 2.42. The highest BCUT2D eigenvalue weighted by molar-refractivity contribution is 5.81. The molecule has 0 aliphatic heterocycles. The van der Waals surface area contributed by atoms with Gasteiger partial charge in [-0.05, 0) is 171 Å². The van der Waals surface area contributed by atoms with Crippen molar-refractivity contribution < 1.29 is 0 Å². The van der Waals surface area contributed by atoms with E-state index in [4.69, 9.17) is 0 Å². The van der Waals surface area contributed by atoms with E-state index >= 15 is 0 Å². The number of hydrogen-bond acceptors (Lipinski definition) is 2. The van der Waals surface area contributed by atoms with Gasteiger partial charge in [-0.2, -0.15) is 0 Å². The van der Waals surface area contributed by atoms with Crippen LogP contribution in [-0.4, -0.2) is 0 Å². The van der Waals surface area contributed by atoms with Gasteiger partial charge in [0.15, 0.2) is 0 Å². The zero-order chi connectivity index (χ0) is 32.5. The monoisotopic (exact) mass is 624 g/mol. The van der Waals surface area contributed by atoms with Crippen LogP contribution in [0.15, 0.2) is 133 Å². The second-order valence-electron chi connectivity index (χ2n) is 13.8. The van der Waals surface area contributed by atoms with Crippen LogP contribution in [0.25, 0.3) is 11.1 Å². The molecule has 0 saturated heterocycles. The van der Waals surface area contributed by atoms with Crippen molar-refractivity contribution in [2.45, 2.75) is 65.2 Å². The zero-order valence-electron chi connectivity index (χ0n) is 28.3. The Bertz CT molecular complexity index is 1870. The lowest BCUT2D eigenvalue weighted by Gasteiger charge is -2.28. The van der Waals surface area contributed by atoms with Crippen molar-refractivity contribution in [1.29, 1.82) is 0 Å². The van der Waals surface area contributed by atoms with Gasteiger partial charge < -0.3 is 9.80 Å². The third-order valence-corrected chi connectivity index (χ3v) is 10.3. The molecule has 48 heavy (non-hydrogen) atoms. The van der Waals surface area contributed by atoms with E-state index in [0.29, 0.717) is 0 Å². The van der Waals surface area contributed by atoms with Gasteiger partial charge in [0.05, 0.1) is 0 Å². The lowest BCUT2D eigenvalue weighted by Crippen LogP contribution is -2.12. The summed E-state index contributed by atoms with van der Waals surface area (Å²) in [7, 11) is 0. The number of hydrogen-bond donors (Lipinski definition) is 0. The molecule has 0 saturated carbocycles. The van der Waals surface area contributed by atoms with Gasteiger partial charge in [0.1, 0.15) is 0 Å². The Balaban J connectivity index is 1.11. The first kappa shape index (κ1) is 30.3. The maximum Gasteiger partial charge on any atom is 0.0464 e. The van der Waals surface area contributed by atoms with Gasteiger partial charge in [-0.15, -0.1) is 0 Å². The predicted molar refractivity (Wildman–Crippen MR) is 204 cm³/mol. The smallest absolute Gasteiger partial charge is 0.0464 e. The molecule has 0 atom stereocenters. The van der Waals surface area contributed by atoms with Crippen molar-refractivity contribution in [3.05, 3.63) is 167 Å². The minimum atomic E-state index is 1.17.